The maximum atomic E-state index is 12.1. The number of piperidine rings is 1. The zero-order valence-electron chi connectivity index (χ0n) is 10.8. The van der Waals surface area contributed by atoms with Gasteiger partial charge in [-0.05, 0) is 25.3 Å². The van der Waals surface area contributed by atoms with Gasteiger partial charge in [-0.2, -0.15) is 13.2 Å². The molecular formula is C13H15F3N2O2. The second-order valence-electron chi connectivity index (χ2n) is 4.64. The lowest BCUT2D eigenvalue weighted by molar-refractivity contribution is -0.154. The van der Waals surface area contributed by atoms with Crippen molar-refractivity contribution in [2.24, 2.45) is 0 Å². The van der Waals surface area contributed by atoms with E-state index < -0.39 is 12.8 Å². The van der Waals surface area contributed by atoms with Crippen LogP contribution in [0.15, 0.2) is 18.3 Å². The van der Waals surface area contributed by atoms with Crippen LogP contribution in [0.1, 0.15) is 29.6 Å². The Kier molecular flexibility index (Phi) is 4.46. The number of pyridine rings is 1. The van der Waals surface area contributed by atoms with Gasteiger partial charge in [-0.1, -0.05) is 0 Å². The SMILES string of the molecule is O=C(c1ccc(OCC(F)(F)F)nc1)N1CCCCC1. The standard InChI is InChI=1S/C13H15F3N2O2/c14-13(15,16)9-20-11-5-4-10(8-17-11)12(19)18-6-2-1-3-7-18/h4-5,8H,1-3,6-7,9H2. The van der Waals surface area contributed by atoms with Gasteiger partial charge >= 0.3 is 6.18 Å². The van der Waals surface area contributed by atoms with Gasteiger partial charge in [0.1, 0.15) is 0 Å². The van der Waals surface area contributed by atoms with E-state index in [1.807, 2.05) is 0 Å². The fraction of sp³-hybridized carbons (Fsp3) is 0.538. The number of nitrogens with zero attached hydrogens (tertiary/aromatic N) is 2. The third-order valence-corrected chi connectivity index (χ3v) is 3.01. The summed E-state index contributed by atoms with van der Waals surface area (Å²) in [6.45, 7) is 0.0374. The molecule has 4 nitrogen and oxygen atoms in total. The number of hydrogen-bond acceptors (Lipinski definition) is 3. The van der Waals surface area contributed by atoms with Crippen LogP contribution in [-0.4, -0.2) is 41.7 Å². The second kappa shape index (κ2) is 6.11. The normalized spacial score (nSPS) is 16.1. The molecule has 1 saturated heterocycles. The van der Waals surface area contributed by atoms with Gasteiger partial charge in [0.25, 0.3) is 5.91 Å². The van der Waals surface area contributed by atoms with Crippen molar-refractivity contribution in [3.63, 3.8) is 0 Å². The number of ether oxygens (including phenoxy) is 1. The Morgan fingerprint density at radius 3 is 2.50 bits per heavy atom. The average molecular weight is 288 g/mol. The van der Waals surface area contributed by atoms with E-state index in [2.05, 4.69) is 9.72 Å². The highest BCUT2D eigenvalue weighted by Crippen LogP contribution is 2.18. The van der Waals surface area contributed by atoms with E-state index in [9.17, 15) is 18.0 Å². The molecule has 1 fully saturated rings. The first-order chi connectivity index (χ1) is 9.46. The monoisotopic (exact) mass is 288 g/mol. The van der Waals surface area contributed by atoms with Gasteiger partial charge in [-0.25, -0.2) is 4.98 Å². The van der Waals surface area contributed by atoms with Crippen molar-refractivity contribution < 1.29 is 22.7 Å². The minimum absolute atomic E-state index is 0.139. The zero-order chi connectivity index (χ0) is 14.6. The molecule has 110 valence electrons. The molecule has 0 aliphatic carbocycles. The largest absolute Gasteiger partial charge is 0.468 e. The number of carbonyl (C=O) groups is 1. The minimum atomic E-state index is -4.40. The topological polar surface area (TPSA) is 42.4 Å². The highest BCUT2D eigenvalue weighted by molar-refractivity contribution is 5.94. The molecule has 0 radical (unpaired) electrons. The summed E-state index contributed by atoms with van der Waals surface area (Å²) in [6, 6.07) is 2.72. The van der Waals surface area contributed by atoms with Crippen molar-refractivity contribution in [2.75, 3.05) is 19.7 Å². The number of halogens is 3. The fourth-order valence-electron chi connectivity index (χ4n) is 2.03. The number of hydrogen-bond donors (Lipinski definition) is 0. The van der Waals surface area contributed by atoms with E-state index in [1.165, 1.54) is 18.3 Å². The lowest BCUT2D eigenvalue weighted by Crippen LogP contribution is -2.35. The molecule has 0 aromatic carbocycles. The predicted molar refractivity (Wildman–Crippen MR) is 65.5 cm³/mol. The van der Waals surface area contributed by atoms with E-state index >= 15 is 0 Å². The van der Waals surface area contributed by atoms with Crippen LogP contribution in [0, 0.1) is 0 Å². The Hall–Kier alpha value is -1.79. The summed E-state index contributed by atoms with van der Waals surface area (Å²) in [5, 5.41) is 0. The Morgan fingerprint density at radius 1 is 1.25 bits per heavy atom. The van der Waals surface area contributed by atoms with E-state index in [4.69, 9.17) is 0 Å². The molecule has 7 heteroatoms. The molecule has 1 aromatic heterocycles. The van der Waals surface area contributed by atoms with Crippen molar-refractivity contribution in [2.45, 2.75) is 25.4 Å². The Morgan fingerprint density at radius 2 is 1.95 bits per heavy atom. The fourth-order valence-corrected chi connectivity index (χ4v) is 2.03. The summed E-state index contributed by atoms with van der Waals surface area (Å²) < 4.78 is 40.4. The van der Waals surface area contributed by atoms with Gasteiger partial charge in [0.2, 0.25) is 5.88 Å². The molecule has 0 atom stereocenters. The quantitative estimate of drug-likeness (QED) is 0.858. The molecule has 20 heavy (non-hydrogen) atoms. The maximum Gasteiger partial charge on any atom is 0.422 e. The van der Waals surface area contributed by atoms with Crippen LogP contribution >= 0.6 is 0 Å². The van der Waals surface area contributed by atoms with Gasteiger partial charge in [-0.15, -0.1) is 0 Å². The van der Waals surface area contributed by atoms with Crippen LogP contribution in [-0.2, 0) is 0 Å². The minimum Gasteiger partial charge on any atom is -0.468 e. The average Bonchev–Trinajstić information content (AvgIpc) is 2.45. The summed E-state index contributed by atoms with van der Waals surface area (Å²) in [7, 11) is 0. The van der Waals surface area contributed by atoms with E-state index in [0.717, 1.165) is 19.3 Å². The first-order valence-corrected chi connectivity index (χ1v) is 6.40. The van der Waals surface area contributed by atoms with Gasteiger partial charge in [0.15, 0.2) is 6.61 Å². The second-order valence-corrected chi connectivity index (χ2v) is 4.64. The molecule has 1 aliphatic rings. The summed E-state index contributed by atoms with van der Waals surface area (Å²) in [5.74, 6) is -0.280. The number of amides is 1. The van der Waals surface area contributed by atoms with Crippen molar-refractivity contribution >= 4 is 5.91 Å². The zero-order valence-corrected chi connectivity index (χ0v) is 10.8. The number of likely N-dealkylation sites (tertiary alicyclic amines) is 1. The Bertz CT molecular complexity index is 454. The summed E-state index contributed by atoms with van der Waals surface area (Å²) in [4.78, 5) is 17.6. The third kappa shape index (κ3) is 4.11. The first kappa shape index (κ1) is 14.6. The molecule has 1 aliphatic heterocycles. The lowest BCUT2D eigenvalue weighted by Gasteiger charge is -2.26. The van der Waals surface area contributed by atoms with Gasteiger partial charge in [0.05, 0.1) is 5.56 Å². The summed E-state index contributed by atoms with van der Waals surface area (Å²) >= 11 is 0. The first-order valence-electron chi connectivity index (χ1n) is 6.40. The number of rotatable bonds is 3. The van der Waals surface area contributed by atoms with Crippen LogP contribution in [0.4, 0.5) is 13.2 Å². The van der Waals surface area contributed by atoms with Crippen LogP contribution in [0.2, 0.25) is 0 Å². The van der Waals surface area contributed by atoms with Gasteiger partial charge in [0, 0.05) is 25.4 Å². The Labute approximate surface area is 114 Å². The smallest absolute Gasteiger partial charge is 0.422 e. The predicted octanol–water partition coefficient (Wildman–Crippen LogP) is 2.65. The van der Waals surface area contributed by atoms with Crippen molar-refractivity contribution in [1.82, 2.24) is 9.88 Å². The number of aromatic nitrogens is 1. The molecular weight excluding hydrogens is 273 g/mol. The highest BCUT2D eigenvalue weighted by Gasteiger charge is 2.28. The van der Waals surface area contributed by atoms with E-state index in [0.29, 0.717) is 18.7 Å². The van der Waals surface area contributed by atoms with Crippen LogP contribution in [0.25, 0.3) is 0 Å². The van der Waals surface area contributed by atoms with Crippen LogP contribution in [0.5, 0.6) is 5.88 Å². The van der Waals surface area contributed by atoms with E-state index in [1.54, 1.807) is 4.90 Å². The molecule has 0 saturated carbocycles. The summed E-state index contributed by atoms with van der Waals surface area (Å²) in [6.07, 6.45) is -0.0727. The maximum absolute atomic E-state index is 12.1. The van der Waals surface area contributed by atoms with Crippen LogP contribution in [0.3, 0.4) is 0 Å². The van der Waals surface area contributed by atoms with Crippen molar-refractivity contribution in [1.29, 1.82) is 0 Å². The lowest BCUT2D eigenvalue weighted by atomic mass is 10.1. The third-order valence-electron chi connectivity index (χ3n) is 3.01. The van der Waals surface area contributed by atoms with Gasteiger partial charge < -0.3 is 9.64 Å². The molecule has 0 unspecified atom stereocenters. The molecule has 1 aromatic rings. The van der Waals surface area contributed by atoms with E-state index in [-0.39, 0.29) is 11.8 Å². The van der Waals surface area contributed by atoms with Crippen LogP contribution < -0.4 is 4.74 Å². The summed E-state index contributed by atoms with van der Waals surface area (Å²) in [5.41, 5.74) is 0.367. The van der Waals surface area contributed by atoms with Crippen molar-refractivity contribution in [3.05, 3.63) is 23.9 Å². The highest BCUT2D eigenvalue weighted by atomic mass is 19.4. The Balaban J connectivity index is 1.95. The van der Waals surface area contributed by atoms with Crippen molar-refractivity contribution in [3.8, 4) is 5.88 Å². The molecule has 0 spiro atoms. The molecule has 1 amide bonds. The van der Waals surface area contributed by atoms with Gasteiger partial charge in [-0.3, -0.25) is 4.79 Å². The molecule has 0 N–H and O–H groups in total. The number of alkyl halides is 3. The molecule has 2 rings (SSSR count). The molecule has 0 bridgehead atoms. The molecule has 2 heterocycles. The number of carbonyl (C=O) groups excluding carboxylic acids is 1.